The van der Waals surface area contributed by atoms with Gasteiger partial charge in [-0.25, -0.2) is 0 Å². The number of nitriles is 1. The first-order chi connectivity index (χ1) is 10.1. The number of nitrogens with zero attached hydrogens (tertiary/aromatic N) is 4. The molecule has 2 rings (SSSR count). The van der Waals surface area contributed by atoms with Crippen molar-refractivity contribution in [2.24, 2.45) is 0 Å². The number of ether oxygens (including phenoxy) is 1. The Labute approximate surface area is 120 Å². The molecule has 108 valence electrons. The van der Waals surface area contributed by atoms with Gasteiger partial charge in [-0.2, -0.15) is 10.4 Å². The molecule has 0 saturated heterocycles. The molecule has 1 N–H and O–H groups in total. The zero-order valence-electron chi connectivity index (χ0n) is 10.9. The number of aliphatic hydroxyl groups excluding tert-OH is 1. The Kier molecular flexibility index (Phi) is 4.48. The number of benzene rings is 1. The molecule has 0 radical (unpaired) electrons. The van der Waals surface area contributed by atoms with Crippen molar-refractivity contribution >= 4 is 5.69 Å². The Balaban J connectivity index is 1.84. The maximum absolute atomic E-state index is 10.5. The first-order valence-corrected chi connectivity index (χ1v) is 6.06. The van der Waals surface area contributed by atoms with Crippen molar-refractivity contribution in [2.75, 3.05) is 6.61 Å². The Morgan fingerprint density at radius 3 is 2.76 bits per heavy atom. The summed E-state index contributed by atoms with van der Waals surface area (Å²) in [5.74, 6) is 0.527. The van der Waals surface area contributed by atoms with E-state index in [-0.39, 0.29) is 18.8 Å². The van der Waals surface area contributed by atoms with Gasteiger partial charge >= 0.3 is 5.69 Å². The smallest absolute Gasteiger partial charge is 0.306 e. The number of hydrogen-bond donors (Lipinski definition) is 1. The Bertz CT molecular complexity index is 660. The van der Waals surface area contributed by atoms with Gasteiger partial charge in [-0.3, -0.25) is 14.8 Å². The van der Waals surface area contributed by atoms with E-state index < -0.39 is 11.0 Å². The first kappa shape index (κ1) is 14.5. The molecule has 1 heterocycles. The molecule has 0 bridgehead atoms. The fourth-order valence-corrected chi connectivity index (χ4v) is 1.63. The van der Waals surface area contributed by atoms with E-state index in [0.717, 1.165) is 6.20 Å². The van der Waals surface area contributed by atoms with Crippen molar-refractivity contribution in [3.63, 3.8) is 0 Å². The predicted octanol–water partition coefficient (Wildman–Crippen LogP) is 1.10. The zero-order chi connectivity index (χ0) is 15.2. The van der Waals surface area contributed by atoms with Crippen molar-refractivity contribution in [3.8, 4) is 11.8 Å². The normalized spacial score (nSPS) is 11.6. The Morgan fingerprint density at radius 1 is 1.48 bits per heavy atom. The molecule has 8 heteroatoms. The molecule has 1 aromatic carbocycles. The highest BCUT2D eigenvalue weighted by Crippen LogP contribution is 2.12. The summed E-state index contributed by atoms with van der Waals surface area (Å²) in [5.41, 5.74) is 0.391. The summed E-state index contributed by atoms with van der Waals surface area (Å²) in [6.45, 7) is 0.101. The van der Waals surface area contributed by atoms with Crippen LogP contribution < -0.4 is 4.74 Å². The average molecular weight is 288 g/mol. The van der Waals surface area contributed by atoms with Crippen LogP contribution in [0.4, 0.5) is 5.69 Å². The molecular formula is C13H12N4O4. The van der Waals surface area contributed by atoms with Gasteiger partial charge in [0.25, 0.3) is 0 Å². The van der Waals surface area contributed by atoms with Crippen LogP contribution in [0.1, 0.15) is 5.56 Å². The highest BCUT2D eigenvalue weighted by atomic mass is 16.6. The molecule has 0 aliphatic heterocycles. The molecule has 21 heavy (non-hydrogen) atoms. The molecule has 8 nitrogen and oxygen atoms in total. The number of aromatic nitrogens is 2. The zero-order valence-corrected chi connectivity index (χ0v) is 10.9. The molecule has 0 aliphatic rings. The van der Waals surface area contributed by atoms with Crippen LogP contribution in [0.25, 0.3) is 0 Å². The largest absolute Gasteiger partial charge is 0.491 e. The van der Waals surface area contributed by atoms with Crippen LogP contribution in [0, 0.1) is 21.4 Å². The van der Waals surface area contributed by atoms with Crippen LogP contribution in [0.3, 0.4) is 0 Å². The third kappa shape index (κ3) is 4.02. The quantitative estimate of drug-likeness (QED) is 0.629. The lowest BCUT2D eigenvalue weighted by Gasteiger charge is -2.12. The maximum Gasteiger partial charge on any atom is 0.306 e. The van der Waals surface area contributed by atoms with Crippen molar-refractivity contribution in [3.05, 3.63) is 52.3 Å². The fraction of sp³-hybridized carbons (Fsp3) is 0.231. The van der Waals surface area contributed by atoms with Crippen molar-refractivity contribution < 1.29 is 14.8 Å². The second kappa shape index (κ2) is 6.49. The Hall–Kier alpha value is -2.92. The first-order valence-electron chi connectivity index (χ1n) is 6.06. The van der Waals surface area contributed by atoms with E-state index in [2.05, 4.69) is 5.10 Å². The molecule has 1 aromatic heterocycles. The molecule has 0 saturated carbocycles. The van der Waals surface area contributed by atoms with Gasteiger partial charge in [0.1, 0.15) is 30.9 Å². The highest BCUT2D eigenvalue weighted by Gasteiger charge is 2.12. The van der Waals surface area contributed by atoms with Crippen LogP contribution in [0.5, 0.6) is 5.75 Å². The fourth-order valence-electron chi connectivity index (χ4n) is 1.63. The number of hydrogen-bond acceptors (Lipinski definition) is 6. The van der Waals surface area contributed by atoms with E-state index in [9.17, 15) is 15.2 Å². The maximum atomic E-state index is 10.5. The van der Waals surface area contributed by atoms with Gasteiger partial charge in [0.2, 0.25) is 0 Å². The van der Waals surface area contributed by atoms with E-state index in [1.807, 2.05) is 6.07 Å². The Morgan fingerprint density at radius 2 is 2.19 bits per heavy atom. The SMILES string of the molecule is N#Cc1ccc(OCC(O)Cn2cc([N+](=O)[O-])cn2)cc1. The standard InChI is InChI=1S/C13H12N4O4/c14-5-10-1-3-13(4-2-10)21-9-12(18)8-16-7-11(6-15-16)17(19)20/h1-4,6-7,12,18H,8-9H2. The van der Waals surface area contributed by atoms with E-state index >= 15 is 0 Å². The van der Waals surface area contributed by atoms with Gasteiger partial charge < -0.3 is 9.84 Å². The lowest BCUT2D eigenvalue weighted by Crippen LogP contribution is -2.23. The molecular weight excluding hydrogens is 276 g/mol. The van der Waals surface area contributed by atoms with Gasteiger partial charge in [0.05, 0.1) is 23.1 Å². The van der Waals surface area contributed by atoms with Crippen LogP contribution in [0.2, 0.25) is 0 Å². The second-order valence-electron chi connectivity index (χ2n) is 4.28. The molecule has 0 aliphatic carbocycles. The van der Waals surface area contributed by atoms with Gasteiger partial charge in [0, 0.05) is 0 Å². The number of aliphatic hydroxyl groups is 1. The summed E-state index contributed by atoms with van der Waals surface area (Å²) in [6, 6.07) is 8.47. The molecule has 2 aromatic rings. The molecule has 1 atom stereocenters. The van der Waals surface area contributed by atoms with E-state index in [0.29, 0.717) is 11.3 Å². The number of rotatable bonds is 6. The summed E-state index contributed by atoms with van der Waals surface area (Å²) >= 11 is 0. The predicted molar refractivity (Wildman–Crippen MR) is 71.5 cm³/mol. The summed E-state index contributed by atoms with van der Waals surface area (Å²) in [4.78, 5) is 9.95. The van der Waals surface area contributed by atoms with Gasteiger partial charge in [-0.05, 0) is 24.3 Å². The molecule has 0 fully saturated rings. The van der Waals surface area contributed by atoms with Crippen molar-refractivity contribution in [2.45, 2.75) is 12.6 Å². The highest BCUT2D eigenvalue weighted by molar-refractivity contribution is 5.34. The minimum atomic E-state index is -0.861. The van der Waals surface area contributed by atoms with E-state index in [1.165, 1.54) is 10.9 Å². The van der Waals surface area contributed by atoms with Crippen LogP contribution in [-0.2, 0) is 6.54 Å². The lowest BCUT2D eigenvalue weighted by atomic mass is 10.2. The molecule has 1 unspecified atom stereocenters. The monoisotopic (exact) mass is 288 g/mol. The van der Waals surface area contributed by atoms with E-state index in [4.69, 9.17) is 10.00 Å². The minimum Gasteiger partial charge on any atom is -0.491 e. The summed E-state index contributed by atoms with van der Waals surface area (Å²) < 4.78 is 6.64. The third-order valence-corrected chi connectivity index (χ3v) is 2.65. The van der Waals surface area contributed by atoms with Gasteiger partial charge in [-0.15, -0.1) is 0 Å². The van der Waals surface area contributed by atoms with E-state index in [1.54, 1.807) is 24.3 Å². The molecule has 0 spiro atoms. The third-order valence-electron chi connectivity index (χ3n) is 2.65. The van der Waals surface area contributed by atoms with Crippen molar-refractivity contribution in [1.29, 1.82) is 5.26 Å². The second-order valence-corrected chi connectivity index (χ2v) is 4.28. The van der Waals surface area contributed by atoms with Gasteiger partial charge in [0.15, 0.2) is 0 Å². The van der Waals surface area contributed by atoms with Crippen LogP contribution in [0.15, 0.2) is 36.7 Å². The molecule has 0 amide bonds. The summed E-state index contributed by atoms with van der Waals surface area (Å²) in [6.07, 6.45) is 1.50. The number of nitro groups is 1. The van der Waals surface area contributed by atoms with Crippen LogP contribution >= 0.6 is 0 Å². The van der Waals surface area contributed by atoms with Gasteiger partial charge in [-0.1, -0.05) is 0 Å². The minimum absolute atomic E-state index is 0.0135. The topological polar surface area (TPSA) is 114 Å². The summed E-state index contributed by atoms with van der Waals surface area (Å²) in [5, 5.41) is 32.8. The van der Waals surface area contributed by atoms with Crippen LogP contribution in [-0.4, -0.2) is 32.5 Å². The van der Waals surface area contributed by atoms with Crippen molar-refractivity contribution in [1.82, 2.24) is 9.78 Å². The summed E-state index contributed by atoms with van der Waals surface area (Å²) in [7, 11) is 0. The lowest BCUT2D eigenvalue weighted by molar-refractivity contribution is -0.385. The average Bonchev–Trinajstić information content (AvgIpc) is 2.94.